The first-order chi connectivity index (χ1) is 8.70. The first kappa shape index (κ1) is 15.4. The van der Waals surface area contributed by atoms with Crippen LogP contribution in [0.15, 0.2) is 18.2 Å². The number of alkyl halides is 3. The van der Waals surface area contributed by atoms with Gasteiger partial charge in [-0.3, -0.25) is 4.79 Å². The molecular formula is C12H13F4NO2. The Balaban J connectivity index is 2.86. The molecule has 19 heavy (non-hydrogen) atoms. The summed E-state index contributed by atoms with van der Waals surface area (Å²) in [6.45, 7) is 0. The summed E-state index contributed by atoms with van der Waals surface area (Å²) in [4.78, 5) is 10.3. The molecule has 3 nitrogen and oxygen atoms in total. The van der Waals surface area contributed by atoms with Crippen molar-refractivity contribution in [3.63, 3.8) is 0 Å². The number of nitrogens with two attached hydrogens (primary N) is 1. The number of carbonyl (C=O) groups is 1. The van der Waals surface area contributed by atoms with E-state index in [1.54, 1.807) is 0 Å². The Kier molecular flexibility index (Phi) is 4.88. The van der Waals surface area contributed by atoms with Crippen LogP contribution >= 0.6 is 0 Å². The van der Waals surface area contributed by atoms with Crippen molar-refractivity contribution in [1.29, 1.82) is 0 Å². The molecule has 1 aromatic rings. The molecule has 1 unspecified atom stereocenters. The third-order valence-electron chi connectivity index (χ3n) is 2.59. The van der Waals surface area contributed by atoms with E-state index in [1.165, 1.54) is 0 Å². The fraction of sp³-hybridized carbons (Fsp3) is 0.417. The number of carboxylic acid groups (broad SMARTS) is 1. The van der Waals surface area contributed by atoms with Gasteiger partial charge < -0.3 is 10.8 Å². The van der Waals surface area contributed by atoms with Crippen molar-refractivity contribution in [3.05, 3.63) is 35.1 Å². The van der Waals surface area contributed by atoms with E-state index < -0.39 is 29.6 Å². The Morgan fingerprint density at radius 3 is 2.53 bits per heavy atom. The Morgan fingerprint density at radius 2 is 2.00 bits per heavy atom. The molecule has 3 N–H and O–H groups in total. The van der Waals surface area contributed by atoms with Gasteiger partial charge in [-0.05, 0) is 30.5 Å². The minimum absolute atomic E-state index is 0.0595. The first-order valence-electron chi connectivity index (χ1n) is 5.53. The van der Waals surface area contributed by atoms with Crippen molar-refractivity contribution in [2.45, 2.75) is 31.5 Å². The maximum Gasteiger partial charge on any atom is 0.416 e. The molecule has 0 fully saturated rings. The minimum Gasteiger partial charge on any atom is -0.481 e. The molecule has 1 rings (SSSR count). The van der Waals surface area contributed by atoms with Gasteiger partial charge in [0.1, 0.15) is 5.82 Å². The topological polar surface area (TPSA) is 63.3 Å². The summed E-state index contributed by atoms with van der Waals surface area (Å²) in [7, 11) is 0. The van der Waals surface area contributed by atoms with Gasteiger partial charge in [0.25, 0.3) is 0 Å². The molecule has 0 aliphatic carbocycles. The number of aliphatic carboxylic acids is 1. The van der Waals surface area contributed by atoms with E-state index >= 15 is 0 Å². The number of hydrogen-bond donors (Lipinski definition) is 2. The molecular weight excluding hydrogens is 266 g/mol. The zero-order chi connectivity index (χ0) is 14.6. The third kappa shape index (κ3) is 4.86. The zero-order valence-electron chi connectivity index (χ0n) is 9.88. The van der Waals surface area contributed by atoms with E-state index in [4.69, 9.17) is 10.8 Å². The van der Waals surface area contributed by atoms with Crippen LogP contribution in [0.4, 0.5) is 17.6 Å². The van der Waals surface area contributed by atoms with E-state index in [2.05, 4.69) is 0 Å². The van der Waals surface area contributed by atoms with Gasteiger partial charge in [0.15, 0.2) is 0 Å². The molecule has 0 aliphatic heterocycles. The monoisotopic (exact) mass is 279 g/mol. The fourth-order valence-electron chi connectivity index (χ4n) is 1.68. The first-order valence-corrected chi connectivity index (χ1v) is 5.53. The van der Waals surface area contributed by atoms with E-state index in [9.17, 15) is 22.4 Å². The highest BCUT2D eigenvalue weighted by Gasteiger charge is 2.33. The van der Waals surface area contributed by atoms with E-state index in [0.29, 0.717) is 6.07 Å². The van der Waals surface area contributed by atoms with Gasteiger partial charge in [-0.15, -0.1) is 0 Å². The van der Waals surface area contributed by atoms with Crippen LogP contribution in [0, 0.1) is 5.82 Å². The lowest BCUT2D eigenvalue weighted by Crippen LogP contribution is -2.25. The highest BCUT2D eigenvalue weighted by molar-refractivity contribution is 5.66. The molecule has 0 bridgehead atoms. The summed E-state index contributed by atoms with van der Waals surface area (Å²) in [5.41, 5.74) is 4.38. The predicted octanol–water partition coefficient (Wildman–Crippen LogP) is 2.58. The fourth-order valence-corrected chi connectivity index (χ4v) is 1.68. The van der Waals surface area contributed by atoms with E-state index in [-0.39, 0.29) is 24.8 Å². The van der Waals surface area contributed by atoms with Gasteiger partial charge in [0.05, 0.1) is 5.56 Å². The second kappa shape index (κ2) is 6.01. The average molecular weight is 279 g/mol. The standard InChI is InChI=1S/C12H13F4NO2/c13-8-2-1-7(10(6-8)12(14,15)16)5-9(17)3-4-11(18)19/h1-2,6,9H,3-5,17H2,(H,18,19). The summed E-state index contributed by atoms with van der Waals surface area (Å²) >= 11 is 0. The highest BCUT2D eigenvalue weighted by Crippen LogP contribution is 2.33. The summed E-state index contributed by atoms with van der Waals surface area (Å²) < 4.78 is 50.9. The smallest absolute Gasteiger partial charge is 0.416 e. The lowest BCUT2D eigenvalue weighted by Gasteiger charge is -2.16. The van der Waals surface area contributed by atoms with Gasteiger partial charge in [-0.2, -0.15) is 13.2 Å². The van der Waals surface area contributed by atoms with Crippen molar-refractivity contribution in [3.8, 4) is 0 Å². The van der Waals surface area contributed by atoms with Crippen LogP contribution in [0.3, 0.4) is 0 Å². The van der Waals surface area contributed by atoms with Crippen molar-refractivity contribution in [2.75, 3.05) is 0 Å². The van der Waals surface area contributed by atoms with Crippen LogP contribution in [-0.2, 0) is 17.4 Å². The van der Waals surface area contributed by atoms with E-state index in [1.807, 2.05) is 0 Å². The van der Waals surface area contributed by atoms with Crippen molar-refractivity contribution >= 4 is 5.97 Å². The normalized spacial score (nSPS) is 13.3. The van der Waals surface area contributed by atoms with Gasteiger partial charge in [0, 0.05) is 12.5 Å². The molecule has 106 valence electrons. The number of rotatable bonds is 5. The largest absolute Gasteiger partial charge is 0.481 e. The molecule has 1 atom stereocenters. The molecule has 0 saturated heterocycles. The van der Waals surface area contributed by atoms with Crippen LogP contribution in [0.2, 0.25) is 0 Å². The Hall–Kier alpha value is -1.63. The van der Waals surface area contributed by atoms with Crippen LogP contribution in [0.1, 0.15) is 24.0 Å². The maximum absolute atomic E-state index is 12.9. The average Bonchev–Trinajstić information content (AvgIpc) is 2.27. The summed E-state index contributed by atoms with van der Waals surface area (Å²) in [6, 6.07) is 1.65. The van der Waals surface area contributed by atoms with Crippen molar-refractivity contribution in [1.82, 2.24) is 0 Å². The Morgan fingerprint density at radius 1 is 1.37 bits per heavy atom. The number of halogens is 4. The van der Waals surface area contributed by atoms with Crippen LogP contribution in [-0.4, -0.2) is 17.1 Å². The molecule has 0 spiro atoms. The highest BCUT2D eigenvalue weighted by atomic mass is 19.4. The number of benzene rings is 1. The maximum atomic E-state index is 12.9. The van der Waals surface area contributed by atoms with Crippen LogP contribution in [0.5, 0.6) is 0 Å². The zero-order valence-corrected chi connectivity index (χ0v) is 9.88. The molecule has 0 aromatic heterocycles. The van der Waals surface area contributed by atoms with Gasteiger partial charge in [-0.25, -0.2) is 4.39 Å². The van der Waals surface area contributed by atoms with Gasteiger partial charge >= 0.3 is 12.1 Å². The number of carboxylic acids is 1. The summed E-state index contributed by atoms with van der Waals surface area (Å²) in [5.74, 6) is -2.04. The van der Waals surface area contributed by atoms with Gasteiger partial charge in [0.2, 0.25) is 0 Å². The Bertz CT molecular complexity index is 460. The minimum atomic E-state index is -4.66. The Labute approximate surface area is 107 Å². The van der Waals surface area contributed by atoms with Gasteiger partial charge in [-0.1, -0.05) is 6.07 Å². The molecule has 0 aliphatic rings. The second-order valence-corrected chi connectivity index (χ2v) is 4.20. The third-order valence-corrected chi connectivity index (χ3v) is 2.59. The van der Waals surface area contributed by atoms with Crippen LogP contribution in [0.25, 0.3) is 0 Å². The molecule has 0 saturated carbocycles. The quantitative estimate of drug-likeness (QED) is 0.814. The van der Waals surface area contributed by atoms with Crippen molar-refractivity contribution < 1.29 is 27.5 Å². The second-order valence-electron chi connectivity index (χ2n) is 4.20. The summed E-state index contributed by atoms with van der Waals surface area (Å²) in [5, 5.41) is 8.46. The van der Waals surface area contributed by atoms with Crippen LogP contribution < -0.4 is 5.73 Å². The lowest BCUT2D eigenvalue weighted by molar-refractivity contribution is -0.139. The molecule has 7 heteroatoms. The SMILES string of the molecule is NC(CCC(=O)O)Cc1ccc(F)cc1C(F)(F)F. The lowest BCUT2D eigenvalue weighted by atomic mass is 9.97. The summed E-state index contributed by atoms with van der Waals surface area (Å²) in [6.07, 6.45) is -4.97. The predicted molar refractivity (Wildman–Crippen MR) is 60.0 cm³/mol. The number of hydrogen-bond acceptors (Lipinski definition) is 2. The van der Waals surface area contributed by atoms with Crippen molar-refractivity contribution in [2.24, 2.45) is 5.73 Å². The molecule has 0 amide bonds. The molecule has 0 radical (unpaired) electrons. The molecule has 0 heterocycles. The molecule has 1 aromatic carbocycles. The van der Waals surface area contributed by atoms with E-state index in [0.717, 1.165) is 12.1 Å².